The van der Waals surface area contributed by atoms with Gasteiger partial charge < -0.3 is 16.2 Å². The van der Waals surface area contributed by atoms with Gasteiger partial charge in [-0.15, -0.1) is 0 Å². The van der Waals surface area contributed by atoms with Gasteiger partial charge in [0.05, 0.1) is 23.7 Å². The molecule has 0 bridgehead atoms. The predicted octanol–water partition coefficient (Wildman–Crippen LogP) is 0.847. The van der Waals surface area contributed by atoms with Crippen LogP contribution in [-0.4, -0.2) is 22.7 Å². The summed E-state index contributed by atoms with van der Waals surface area (Å²) in [6, 6.07) is 1.81. The van der Waals surface area contributed by atoms with Crippen molar-refractivity contribution in [2.24, 2.45) is 0 Å². The van der Waals surface area contributed by atoms with Gasteiger partial charge in [-0.2, -0.15) is 0 Å². The highest BCUT2D eigenvalue weighted by Crippen LogP contribution is 2.09. The van der Waals surface area contributed by atoms with Crippen molar-refractivity contribution in [3.63, 3.8) is 0 Å². The highest BCUT2D eigenvalue weighted by molar-refractivity contribution is 5.51. The van der Waals surface area contributed by atoms with Crippen LogP contribution >= 0.6 is 0 Å². The molecular weight excluding hydrogens is 166 g/mol. The first-order valence-corrected chi connectivity index (χ1v) is 4.31. The Morgan fingerprint density at radius 1 is 1.62 bits per heavy atom. The average Bonchev–Trinajstić information content (AvgIpc) is 2.03. The maximum absolute atomic E-state index is 9.00. The van der Waals surface area contributed by atoms with Crippen LogP contribution in [0.15, 0.2) is 18.5 Å². The van der Waals surface area contributed by atoms with E-state index in [1.807, 2.05) is 6.07 Å². The molecule has 13 heavy (non-hydrogen) atoms. The zero-order valence-electron chi connectivity index (χ0n) is 7.70. The van der Waals surface area contributed by atoms with Crippen LogP contribution in [0.1, 0.15) is 13.3 Å². The summed E-state index contributed by atoms with van der Waals surface area (Å²) in [6.45, 7) is 2.49. The first kappa shape index (κ1) is 9.80. The van der Waals surface area contributed by atoms with E-state index in [4.69, 9.17) is 10.8 Å². The van der Waals surface area contributed by atoms with Crippen LogP contribution in [0.25, 0.3) is 0 Å². The van der Waals surface area contributed by atoms with Gasteiger partial charge in [-0.1, -0.05) is 0 Å². The Bertz CT molecular complexity index is 263. The quantitative estimate of drug-likeness (QED) is 0.644. The normalized spacial score (nSPS) is 12.5. The fraction of sp³-hybridized carbons (Fsp3) is 0.444. The fourth-order valence-corrected chi connectivity index (χ4v) is 0.980. The summed E-state index contributed by atoms with van der Waals surface area (Å²) in [7, 11) is 0. The smallest absolute Gasteiger partial charge is 0.0547 e. The molecule has 0 spiro atoms. The van der Waals surface area contributed by atoms with E-state index in [0.717, 1.165) is 18.7 Å². The third-order valence-corrected chi connectivity index (χ3v) is 1.65. The van der Waals surface area contributed by atoms with Crippen LogP contribution in [0.4, 0.5) is 11.4 Å². The van der Waals surface area contributed by atoms with Crippen LogP contribution < -0.4 is 11.1 Å². The summed E-state index contributed by atoms with van der Waals surface area (Å²) in [5.74, 6) is 0. The highest BCUT2D eigenvalue weighted by Gasteiger charge is 1.96. The molecule has 1 heterocycles. The molecule has 0 saturated heterocycles. The molecule has 1 atom stereocenters. The number of aliphatic hydroxyl groups excluding tert-OH is 1. The van der Waals surface area contributed by atoms with Crippen molar-refractivity contribution in [2.75, 3.05) is 17.6 Å². The van der Waals surface area contributed by atoms with Crippen molar-refractivity contribution in [1.82, 2.24) is 4.98 Å². The Morgan fingerprint density at radius 3 is 3.00 bits per heavy atom. The number of nitrogens with zero attached hydrogens (tertiary/aromatic N) is 1. The lowest BCUT2D eigenvalue weighted by atomic mass is 10.3. The lowest BCUT2D eigenvalue weighted by Crippen LogP contribution is -2.09. The first-order valence-electron chi connectivity index (χ1n) is 4.31. The average molecular weight is 181 g/mol. The number of anilines is 2. The summed E-state index contributed by atoms with van der Waals surface area (Å²) in [6.07, 6.45) is 3.74. The zero-order valence-corrected chi connectivity index (χ0v) is 7.70. The van der Waals surface area contributed by atoms with Crippen molar-refractivity contribution < 1.29 is 5.11 Å². The third-order valence-electron chi connectivity index (χ3n) is 1.65. The summed E-state index contributed by atoms with van der Waals surface area (Å²) in [4.78, 5) is 3.93. The second-order valence-corrected chi connectivity index (χ2v) is 3.07. The van der Waals surface area contributed by atoms with E-state index in [1.54, 1.807) is 19.3 Å². The van der Waals surface area contributed by atoms with Crippen molar-refractivity contribution in [2.45, 2.75) is 19.4 Å². The van der Waals surface area contributed by atoms with Crippen LogP contribution in [0.2, 0.25) is 0 Å². The van der Waals surface area contributed by atoms with E-state index in [-0.39, 0.29) is 6.10 Å². The molecule has 72 valence electrons. The maximum Gasteiger partial charge on any atom is 0.0547 e. The Morgan fingerprint density at radius 2 is 2.38 bits per heavy atom. The maximum atomic E-state index is 9.00. The lowest BCUT2D eigenvalue weighted by Gasteiger charge is -2.07. The second kappa shape index (κ2) is 4.67. The minimum atomic E-state index is -0.276. The molecule has 1 unspecified atom stereocenters. The SMILES string of the molecule is CC(O)CCNc1cncc(N)c1. The van der Waals surface area contributed by atoms with Crippen LogP contribution in [0, 0.1) is 0 Å². The van der Waals surface area contributed by atoms with Gasteiger partial charge in [0.25, 0.3) is 0 Å². The summed E-state index contributed by atoms with van der Waals surface area (Å²) < 4.78 is 0. The number of nitrogens with one attached hydrogen (secondary N) is 1. The van der Waals surface area contributed by atoms with Crippen LogP contribution in [0.3, 0.4) is 0 Å². The van der Waals surface area contributed by atoms with Gasteiger partial charge in [-0.3, -0.25) is 4.98 Å². The minimum absolute atomic E-state index is 0.276. The number of hydrogen-bond acceptors (Lipinski definition) is 4. The van der Waals surface area contributed by atoms with Gasteiger partial charge in [-0.25, -0.2) is 0 Å². The molecule has 1 aromatic heterocycles. The summed E-state index contributed by atoms with van der Waals surface area (Å²) in [5, 5.41) is 12.1. The largest absolute Gasteiger partial charge is 0.397 e. The molecule has 0 aliphatic heterocycles. The molecule has 1 rings (SSSR count). The summed E-state index contributed by atoms with van der Waals surface area (Å²) >= 11 is 0. The number of hydrogen-bond donors (Lipinski definition) is 3. The third kappa shape index (κ3) is 3.75. The number of nitrogen functional groups attached to an aromatic ring is 1. The number of aromatic nitrogens is 1. The second-order valence-electron chi connectivity index (χ2n) is 3.07. The van der Waals surface area contributed by atoms with Gasteiger partial charge in [0.1, 0.15) is 0 Å². The molecule has 4 N–H and O–H groups in total. The molecule has 1 aromatic rings. The van der Waals surface area contributed by atoms with Crippen molar-refractivity contribution in [3.05, 3.63) is 18.5 Å². The van der Waals surface area contributed by atoms with E-state index in [0.29, 0.717) is 5.69 Å². The Balaban J connectivity index is 2.37. The molecule has 0 aliphatic rings. The van der Waals surface area contributed by atoms with Crippen LogP contribution in [-0.2, 0) is 0 Å². The zero-order chi connectivity index (χ0) is 9.68. The molecule has 0 saturated carbocycles. The number of nitrogens with two attached hydrogens (primary N) is 1. The van der Waals surface area contributed by atoms with E-state index in [9.17, 15) is 0 Å². The Hall–Kier alpha value is -1.29. The fourth-order valence-electron chi connectivity index (χ4n) is 0.980. The number of aliphatic hydroxyl groups is 1. The monoisotopic (exact) mass is 181 g/mol. The number of rotatable bonds is 4. The first-order chi connectivity index (χ1) is 6.18. The van der Waals surface area contributed by atoms with Crippen molar-refractivity contribution in [1.29, 1.82) is 0 Å². The van der Waals surface area contributed by atoms with Gasteiger partial charge in [-0.05, 0) is 19.4 Å². The number of pyridine rings is 1. The topological polar surface area (TPSA) is 71.2 Å². The van der Waals surface area contributed by atoms with Gasteiger partial charge >= 0.3 is 0 Å². The summed E-state index contributed by atoms with van der Waals surface area (Å²) in [5.41, 5.74) is 7.07. The van der Waals surface area contributed by atoms with E-state index < -0.39 is 0 Å². The molecule has 0 aliphatic carbocycles. The van der Waals surface area contributed by atoms with Gasteiger partial charge in [0, 0.05) is 12.7 Å². The highest BCUT2D eigenvalue weighted by atomic mass is 16.3. The van der Waals surface area contributed by atoms with E-state index in [2.05, 4.69) is 10.3 Å². The van der Waals surface area contributed by atoms with E-state index >= 15 is 0 Å². The molecule has 4 nitrogen and oxygen atoms in total. The van der Waals surface area contributed by atoms with Gasteiger partial charge in [0.15, 0.2) is 0 Å². The van der Waals surface area contributed by atoms with Gasteiger partial charge in [0.2, 0.25) is 0 Å². The molecular formula is C9H15N3O. The molecule has 0 aromatic carbocycles. The molecule has 0 fully saturated rings. The van der Waals surface area contributed by atoms with Crippen LogP contribution in [0.5, 0.6) is 0 Å². The minimum Gasteiger partial charge on any atom is -0.397 e. The Labute approximate surface area is 77.8 Å². The van der Waals surface area contributed by atoms with Crippen molar-refractivity contribution >= 4 is 11.4 Å². The lowest BCUT2D eigenvalue weighted by molar-refractivity contribution is 0.189. The molecule has 0 amide bonds. The standard InChI is InChI=1S/C9H15N3O/c1-7(13)2-3-12-9-4-8(10)5-11-6-9/h4-7,12-13H,2-3,10H2,1H3. The van der Waals surface area contributed by atoms with Crippen molar-refractivity contribution in [3.8, 4) is 0 Å². The van der Waals surface area contributed by atoms with E-state index in [1.165, 1.54) is 0 Å². The Kier molecular flexibility index (Phi) is 3.52. The molecule has 4 heteroatoms. The molecule has 0 radical (unpaired) electrons. The predicted molar refractivity (Wildman–Crippen MR) is 53.4 cm³/mol.